The van der Waals surface area contributed by atoms with Gasteiger partial charge in [0.1, 0.15) is 0 Å². The Morgan fingerprint density at radius 1 is 0.960 bits per heavy atom. The maximum Gasteiger partial charge on any atom is 0.0589 e. The fourth-order valence-corrected chi connectivity index (χ4v) is 4.18. The lowest BCUT2D eigenvalue weighted by atomic mass is 9.96. The molecule has 2 heterocycles. The minimum Gasteiger partial charge on any atom is -0.383 e. The minimum absolute atomic E-state index is 0.869. The van der Waals surface area contributed by atoms with Crippen LogP contribution in [-0.4, -0.2) is 80.8 Å². The molecule has 0 radical (unpaired) electrons. The molecule has 4 nitrogen and oxygen atoms in total. The smallest absolute Gasteiger partial charge is 0.0589 e. The van der Waals surface area contributed by atoms with Gasteiger partial charge in [0.25, 0.3) is 0 Å². The third kappa shape index (κ3) is 6.07. The Hall–Kier alpha value is -0.940. The van der Waals surface area contributed by atoms with Gasteiger partial charge in [-0.1, -0.05) is 29.8 Å². The van der Waals surface area contributed by atoms with Gasteiger partial charge in [0.05, 0.1) is 6.61 Å². The van der Waals surface area contributed by atoms with Gasteiger partial charge in [-0.2, -0.15) is 0 Å². The van der Waals surface area contributed by atoms with Crippen molar-refractivity contribution >= 4 is 0 Å². The van der Waals surface area contributed by atoms with Crippen molar-refractivity contribution in [2.75, 3.05) is 66.1 Å². The zero-order valence-electron chi connectivity index (χ0n) is 16.1. The average Bonchev–Trinajstić information content (AvgIpc) is 2.63. The van der Waals surface area contributed by atoms with Crippen LogP contribution >= 0.6 is 0 Å². The Bertz CT molecular complexity index is 506. The molecule has 4 heteroatoms. The standard InChI is InChI=1S/C21H35N3O/c1-19-4-3-5-21(16-19)18-24-12-10-23(11-13-24)17-20-6-8-22(9-7-20)14-15-25-2/h3-5,16,20H,6-15,17-18H2,1-2H3. The van der Waals surface area contributed by atoms with Gasteiger partial charge in [-0.3, -0.25) is 4.90 Å². The molecule has 25 heavy (non-hydrogen) atoms. The summed E-state index contributed by atoms with van der Waals surface area (Å²) < 4.78 is 5.20. The molecule has 0 bridgehead atoms. The number of hydrogen-bond donors (Lipinski definition) is 0. The van der Waals surface area contributed by atoms with E-state index < -0.39 is 0 Å². The molecule has 0 aromatic heterocycles. The van der Waals surface area contributed by atoms with E-state index in [1.807, 2.05) is 0 Å². The van der Waals surface area contributed by atoms with Crippen molar-refractivity contribution in [2.24, 2.45) is 5.92 Å². The van der Waals surface area contributed by atoms with Crippen LogP contribution in [0, 0.1) is 12.8 Å². The maximum atomic E-state index is 5.20. The van der Waals surface area contributed by atoms with Crippen molar-refractivity contribution in [1.29, 1.82) is 0 Å². The van der Waals surface area contributed by atoms with E-state index in [9.17, 15) is 0 Å². The van der Waals surface area contributed by atoms with Gasteiger partial charge < -0.3 is 14.5 Å². The Labute approximate surface area is 153 Å². The molecule has 1 aromatic rings. The third-order valence-corrected chi connectivity index (χ3v) is 5.79. The molecule has 1 aromatic carbocycles. The number of benzene rings is 1. The second-order valence-corrected chi connectivity index (χ2v) is 7.84. The molecule has 3 rings (SSSR count). The van der Waals surface area contributed by atoms with Crippen LogP contribution in [0.2, 0.25) is 0 Å². The molecule has 0 saturated carbocycles. The Balaban J connectivity index is 1.34. The summed E-state index contributed by atoms with van der Waals surface area (Å²) in [5, 5.41) is 0. The van der Waals surface area contributed by atoms with E-state index in [0.717, 1.165) is 25.6 Å². The highest BCUT2D eigenvalue weighted by molar-refractivity contribution is 5.22. The fraction of sp³-hybridized carbons (Fsp3) is 0.714. The zero-order valence-corrected chi connectivity index (χ0v) is 16.1. The van der Waals surface area contributed by atoms with Crippen molar-refractivity contribution in [3.05, 3.63) is 35.4 Å². The van der Waals surface area contributed by atoms with E-state index in [2.05, 4.69) is 45.9 Å². The van der Waals surface area contributed by atoms with Crippen molar-refractivity contribution < 1.29 is 4.74 Å². The molecule has 2 saturated heterocycles. The number of rotatable bonds is 7. The highest BCUT2D eigenvalue weighted by Crippen LogP contribution is 2.19. The second kappa shape index (κ2) is 9.67. The monoisotopic (exact) mass is 345 g/mol. The topological polar surface area (TPSA) is 19.0 Å². The number of hydrogen-bond acceptors (Lipinski definition) is 4. The molecule has 2 aliphatic heterocycles. The van der Waals surface area contributed by atoms with Gasteiger partial charge in [-0.15, -0.1) is 0 Å². The van der Waals surface area contributed by atoms with E-state index in [1.54, 1.807) is 7.11 Å². The molecule has 0 N–H and O–H groups in total. The van der Waals surface area contributed by atoms with E-state index in [1.165, 1.54) is 69.8 Å². The Morgan fingerprint density at radius 2 is 1.68 bits per heavy atom. The number of ether oxygens (including phenoxy) is 1. The summed E-state index contributed by atoms with van der Waals surface area (Å²) in [7, 11) is 1.80. The van der Waals surface area contributed by atoms with E-state index in [-0.39, 0.29) is 0 Å². The van der Waals surface area contributed by atoms with Crippen molar-refractivity contribution in [1.82, 2.24) is 14.7 Å². The zero-order chi connectivity index (χ0) is 17.5. The number of nitrogens with zero attached hydrogens (tertiary/aromatic N) is 3. The van der Waals surface area contributed by atoms with Crippen molar-refractivity contribution in [3.8, 4) is 0 Å². The number of piperidine rings is 1. The molecule has 0 spiro atoms. The molecular formula is C21H35N3O. The van der Waals surface area contributed by atoms with Gasteiger partial charge in [-0.25, -0.2) is 0 Å². The lowest BCUT2D eigenvalue weighted by Crippen LogP contribution is -2.48. The highest BCUT2D eigenvalue weighted by atomic mass is 16.5. The maximum absolute atomic E-state index is 5.20. The van der Waals surface area contributed by atoms with Gasteiger partial charge in [-0.05, 0) is 44.3 Å². The summed E-state index contributed by atoms with van der Waals surface area (Å²) in [6.07, 6.45) is 2.71. The van der Waals surface area contributed by atoms with Crippen LogP contribution in [-0.2, 0) is 11.3 Å². The second-order valence-electron chi connectivity index (χ2n) is 7.84. The summed E-state index contributed by atoms with van der Waals surface area (Å²) in [5.41, 5.74) is 2.82. The fourth-order valence-electron chi connectivity index (χ4n) is 4.18. The quantitative estimate of drug-likeness (QED) is 0.756. The summed E-state index contributed by atoms with van der Waals surface area (Å²) in [6.45, 7) is 13.9. The molecular weight excluding hydrogens is 310 g/mol. The number of aryl methyl sites for hydroxylation is 1. The number of likely N-dealkylation sites (tertiary alicyclic amines) is 1. The van der Waals surface area contributed by atoms with Gasteiger partial charge >= 0.3 is 0 Å². The number of methoxy groups -OCH3 is 1. The van der Waals surface area contributed by atoms with Crippen LogP contribution in [0.1, 0.15) is 24.0 Å². The molecule has 0 aliphatic carbocycles. The average molecular weight is 346 g/mol. The van der Waals surface area contributed by atoms with E-state index in [0.29, 0.717) is 0 Å². The van der Waals surface area contributed by atoms with E-state index in [4.69, 9.17) is 4.74 Å². The predicted octanol–water partition coefficient (Wildman–Crippen LogP) is 2.47. The highest BCUT2D eigenvalue weighted by Gasteiger charge is 2.23. The Kier molecular flexibility index (Phi) is 7.29. The summed E-state index contributed by atoms with van der Waals surface area (Å²) in [5.74, 6) is 0.891. The Morgan fingerprint density at radius 3 is 2.36 bits per heavy atom. The van der Waals surface area contributed by atoms with Gasteiger partial charge in [0.2, 0.25) is 0 Å². The normalized spacial score (nSPS) is 21.7. The van der Waals surface area contributed by atoms with Crippen LogP contribution in [0.15, 0.2) is 24.3 Å². The first-order chi connectivity index (χ1) is 12.2. The van der Waals surface area contributed by atoms with Gasteiger partial charge in [0, 0.05) is 52.9 Å². The molecule has 0 atom stereocenters. The minimum atomic E-state index is 0.869. The molecule has 140 valence electrons. The van der Waals surface area contributed by atoms with Crippen molar-refractivity contribution in [2.45, 2.75) is 26.3 Å². The first kappa shape index (κ1) is 18.8. The predicted molar refractivity (Wildman–Crippen MR) is 104 cm³/mol. The SMILES string of the molecule is COCCN1CCC(CN2CCN(Cc3cccc(C)c3)CC2)CC1. The van der Waals surface area contributed by atoms with Crippen LogP contribution < -0.4 is 0 Å². The first-order valence-corrected chi connectivity index (χ1v) is 9.94. The summed E-state index contributed by atoms with van der Waals surface area (Å²) in [6, 6.07) is 8.95. The molecule has 2 fully saturated rings. The van der Waals surface area contributed by atoms with E-state index >= 15 is 0 Å². The van der Waals surface area contributed by atoms with Crippen LogP contribution in [0.3, 0.4) is 0 Å². The van der Waals surface area contributed by atoms with Gasteiger partial charge in [0.15, 0.2) is 0 Å². The van der Waals surface area contributed by atoms with Crippen LogP contribution in [0.25, 0.3) is 0 Å². The largest absolute Gasteiger partial charge is 0.383 e. The summed E-state index contributed by atoms with van der Waals surface area (Å²) in [4.78, 5) is 7.86. The number of piperazine rings is 1. The lowest BCUT2D eigenvalue weighted by Gasteiger charge is -2.39. The first-order valence-electron chi connectivity index (χ1n) is 9.94. The molecule has 0 unspecified atom stereocenters. The lowest BCUT2D eigenvalue weighted by molar-refractivity contribution is 0.0822. The molecule has 2 aliphatic rings. The van der Waals surface area contributed by atoms with Crippen LogP contribution in [0.5, 0.6) is 0 Å². The van der Waals surface area contributed by atoms with Crippen LogP contribution in [0.4, 0.5) is 0 Å². The molecule has 0 amide bonds. The van der Waals surface area contributed by atoms with Crippen molar-refractivity contribution in [3.63, 3.8) is 0 Å². The third-order valence-electron chi connectivity index (χ3n) is 5.79. The summed E-state index contributed by atoms with van der Waals surface area (Å²) >= 11 is 0.